The highest BCUT2D eigenvalue weighted by Gasteiger charge is 2.12. The Morgan fingerprint density at radius 1 is 1.26 bits per heavy atom. The molecule has 2 rings (SSSR count). The molecule has 2 aromatic rings. The van der Waals surface area contributed by atoms with Gasteiger partial charge in [0.15, 0.2) is 0 Å². The Morgan fingerprint density at radius 3 is 2.47 bits per heavy atom. The zero-order chi connectivity index (χ0) is 14.0. The lowest BCUT2D eigenvalue weighted by atomic mass is 10.1. The van der Waals surface area contributed by atoms with Gasteiger partial charge in [-0.05, 0) is 39.0 Å². The Balaban J connectivity index is 2.53. The fourth-order valence-electron chi connectivity index (χ4n) is 1.96. The van der Waals surface area contributed by atoms with E-state index >= 15 is 0 Å². The number of aryl methyl sites for hydroxylation is 1. The van der Waals surface area contributed by atoms with Gasteiger partial charge in [0.25, 0.3) is 0 Å². The second-order valence-electron chi connectivity index (χ2n) is 4.46. The minimum atomic E-state index is -0.911. The first-order chi connectivity index (χ1) is 9.00. The lowest BCUT2D eigenvalue weighted by molar-refractivity contribution is -0.132. The first-order valence-corrected chi connectivity index (χ1v) is 6.04. The zero-order valence-electron chi connectivity index (χ0n) is 11.2. The minimum absolute atomic E-state index is 0.304. The van der Waals surface area contributed by atoms with Gasteiger partial charge in [-0.15, -0.1) is 0 Å². The molecule has 0 saturated heterocycles. The van der Waals surface area contributed by atoms with Crippen LogP contribution in [0.5, 0.6) is 0 Å². The molecule has 98 valence electrons. The van der Waals surface area contributed by atoms with Crippen LogP contribution < -0.4 is 0 Å². The van der Waals surface area contributed by atoms with Crippen LogP contribution in [-0.4, -0.2) is 20.9 Å². The van der Waals surface area contributed by atoms with Gasteiger partial charge in [-0.25, -0.2) is 9.48 Å². The summed E-state index contributed by atoms with van der Waals surface area (Å²) in [6.07, 6.45) is 1.67. The van der Waals surface area contributed by atoms with Gasteiger partial charge in [0.1, 0.15) is 0 Å². The smallest absolute Gasteiger partial charge is 0.331 e. The van der Waals surface area contributed by atoms with Gasteiger partial charge in [-0.2, -0.15) is 5.10 Å². The molecule has 4 nitrogen and oxygen atoms in total. The van der Waals surface area contributed by atoms with E-state index in [2.05, 4.69) is 5.10 Å². The predicted molar refractivity (Wildman–Crippen MR) is 74.3 cm³/mol. The summed E-state index contributed by atoms with van der Waals surface area (Å²) in [5, 5.41) is 13.4. The van der Waals surface area contributed by atoms with Gasteiger partial charge >= 0.3 is 5.97 Å². The van der Waals surface area contributed by atoms with E-state index in [1.54, 1.807) is 13.0 Å². The van der Waals surface area contributed by atoms with Crippen molar-refractivity contribution in [2.45, 2.75) is 20.8 Å². The number of rotatable bonds is 3. The molecule has 1 N–H and O–H groups in total. The van der Waals surface area contributed by atoms with Crippen molar-refractivity contribution in [3.63, 3.8) is 0 Å². The molecule has 1 heterocycles. The first-order valence-electron chi connectivity index (χ1n) is 6.04. The second-order valence-corrected chi connectivity index (χ2v) is 4.46. The van der Waals surface area contributed by atoms with E-state index in [0.29, 0.717) is 5.57 Å². The van der Waals surface area contributed by atoms with Crippen LogP contribution in [0.25, 0.3) is 11.8 Å². The molecule has 0 radical (unpaired) electrons. The highest BCUT2D eigenvalue weighted by molar-refractivity contribution is 5.91. The highest BCUT2D eigenvalue weighted by atomic mass is 16.4. The van der Waals surface area contributed by atoms with E-state index in [1.165, 1.54) is 0 Å². The van der Waals surface area contributed by atoms with Gasteiger partial charge in [0.2, 0.25) is 0 Å². The predicted octanol–water partition coefficient (Wildman–Crippen LogP) is 2.98. The van der Waals surface area contributed by atoms with Crippen molar-refractivity contribution in [1.82, 2.24) is 9.78 Å². The van der Waals surface area contributed by atoms with Gasteiger partial charge in [0, 0.05) is 16.8 Å². The molecule has 1 aromatic carbocycles. The van der Waals surface area contributed by atoms with Crippen LogP contribution >= 0.6 is 0 Å². The fourth-order valence-corrected chi connectivity index (χ4v) is 1.96. The molecule has 0 spiro atoms. The van der Waals surface area contributed by atoms with Crippen LogP contribution in [0.1, 0.15) is 23.9 Å². The largest absolute Gasteiger partial charge is 0.478 e. The second kappa shape index (κ2) is 5.10. The van der Waals surface area contributed by atoms with Crippen molar-refractivity contribution >= 4 is 12.0 Å². The number of aromatic nitrogens is 2. The van der Waals surface area contributed by atoms with E-state index in [9.17, 15) is 4.79 Å². The highest BCUT2D eigenvalue weighted by Crippen LogP contribution is 2.20. The average molecular weight is 256 g/mol. The maximum absolute atomic E-state index is 10.9. The summed E-state index contributed by atoms with van der Waals surface area (Å²) < 4.78 is 1.83. The summed E-state index contributed by atoms with van der Waals surface area (Å²) in [6.45, 7) is 5.41. The summed E-state index contributed by atoms with van der Waals surface area (Å²) in [5.74, 6) is -0.911. The lowest BCUT2D eigenvalue weighted by Gasteiger charge is -2.03. The summed E-state index contributed by atoms with van der Waals surface area (Å²) >= 11 is 0. The number of benzene rings is 1. The number of nitrogens with zero attached hydrogens (tertiary/aromatic N) is 2. The molecule has 0 aliphatic heterocycles. The molecule has 19 heavy (non-hydrogen) atoms. The molecule has 0 aliphatic rings. The summed E-state index contributed by atoms with van der Waals surface area (Å²) in [5.41, 5.74) is 3.89. The van der Waals surface area contributed by atoms with Crippen molar-refractivity contribution in [1.29, 1.82) is 0 Å². The van der Waals surface area contributed by atoms with Crippen molar-refractivity contribution in [3.8, 4) is 5.69 Å². The van der Waals surface area contributed by atoms with Crippen molar-refractivity contribution in [2.24, 2.45) is 0 Å². The van der Waals surface area contributed by atoms with Crippen molar-refractivity contribution in [2.75, 3.05) is 0 Å². The zero-order valence-corrected chi connectivity index (χ0v) is 11.2. The van der Waals surface area contributed by atoms with E-state index in [0.717, 1.165) is 22.6 Å². The molecule has 1 aromatic heterocycles. The molecule has 0 unspecified atom stereocenters. The van der Waals surface area contributed by atoms with Crippen molar-refractivity contribution < 1.29 is 9.90 Å². The monoisotopic (exact) mass is 256 g/mol. The molecule has 0 bridgehead atoms. The number of carbonyl (C=O) groups is 1. The molecular weight excluding hydrogens is 240 g/mol. The fraction of sp³-hybridized carbons (Fsp3) is 0.200. The standard InChI is InChI=1S/C15H16N2O2/c1-10(15(18)19)9-14-11(2)16-17(12(14)3)13-7-5-4-6-8-13/h4-9H,1-3H3,(H,18,19)/b10-9+. The minimum Gasteiger partial charge on any atom is -0.478 e. The maximum Gasteiger partial charge on any atom is 0.331 e. The number of carboxylic acids is 1. The molecule has 0 amide bonds. The van der Waals surface area contributed by atoms with Crippen LogP contribution in [-0.2, 0) is 4.79 Å². The lowest BCUT2D eigenvalue weighted by Crippen LogP contribution is -1.99. The molecule has 0 atom stereocenters. The number of carboxylic acid groups (broad SMARTS) is 1. The Kier molecular flexibility index (Phi) is 3.51. The number of hydrogen-bond acceptors (Lipinski definition) is 2. The molecule has 0 fully saturated rings. The van der Waals surface area contributed by atoms with Crippen molar-refractivity contribution in [3.05, 3.63) is 52.9 Å². The van der Waals surface area contributed by atoms with Gasteiger partial charge in [0.05, 0.1) is 11.4 Å². The quantitative estimate of drug-likeness (QED) is 0.859. The average Bonchev–Trinajstić information content (AvgIpc) is 2.67. The molecule has 0 aliphatic carbocycles. The van der Waals surface area contributed by atoms with Crippen LogP contribution in [0, 0.1) is 13.8 Å². The third-order valence-corrected chi connectivity index (χ3v) is 3.05. The van der Waals surface area contributed by atoms with E-state index < -0.39 is 5.97 Å². The topological polar surface area (TPSA) is 55.1 Å². The molecular formula is C15H16N2O2. The third-order valence-electron chi connectivity index (χ3n) is 3.05. The van der Waals surface area contributed by atoms with Crippen LogP contribution in [0.2, 0.25) is 0 Å². The van der Waals surface area contributed by atoms with Gasteiger partial charge in [-0.3, -0.25) is 0 Å². The normalized spacial score (nSPS) is 11.6. The van der Waals surface area contributed by atoms with Crippen LogP contribution in [0.4, 0.5) is 0 Å². The summed E-state index contributed by atoms with van der Waals surface area (Å²) in [7, 11) is 0. The number of aliphatic carboxylic acids is 1. The molecule has 0 saturated carbocycles. The molecule has 4 heteroatoms. The number of para-hydroxylation sites is 1. The van der Waals surface area contributed by atoms with Crippen LogP contribution in [0.3, 0.4) is 0 Å². The Bertz CT molecular complexity index is 640. The van der Waals surface area contributed by atoms with Gasteiger partial charge < -0.3 is 5.11 Å². The van der Waals surface area contributed by atoms with E-state index in [-0.39, 0.29) is 0 Å². The summed E-state index contributed by atoms with van der Waals surface area (Å²) in [6, 6.07) is 9.78. The Hall–Kier alpha value is -2.36. The first kappa shape index (κ1) is 13.1. The number of hydrogen-bond donors (Lipinski definition) is 1. The van der Waals surface area contributed by atoms with Gasteiger partial charge in [-0.1, -0.05) is 18.2 Å². The van der Waals surface area contributed by atoms with E-state index in [4.69, 9.17) is 5.11 Å². The third kappa shape index (κ3) is 2.57. The summed E-state index contributed by atoms with van der Waals surface area (Å²) in [4.78, 5) is 10.9. The van der Waals surface area contributed by atoms with Crippen LogP contribution in [0.15, 0.2) is 35.9 Å². The SMILES string of the molecule is C/C(=C\c1c(C)nn(-c2ccccc2)c1C)C(=O)O. The Labute approximate surface area is 112 Å². The van der Waals surface area contributed by atoms with E-state index in [1.807, 2.05) is 48.9 Å². The Morgan fingerprint density at radius 2 is 1.89 bits per heavy atom. The maximum atomic E-state index is 10.9.